The summed E-state index contributed by atoms with van der Waals surface area (Å²) in [6.07, 6.45) is 0. The molecule has 0 N–H and O–H groups in total. The van der Waals surface area contributed by atoms with E-state index in [4.69, 9.17) is 39.5 Å². The number of hydrogen-bond acceptors (Lipinski definition) is 6. The summed E-state index contributed by atoms with van der Waals surface area (Å²) in [6, 6.07) is 11.7. The van der Waals surface area contributed by atoms with Crippen molar-refractivity contribution < 1.29 is 9.53 Å². The Balaban J connectivity index is 1.72. The number of ketones is 1. The van der Waals surface area contributed by atoms with Crippen LogP contribution in [-0.2, 0) is 4.79 Å². The quantitative estimate of drug-likeness (QED) is 0.500. The summed E-state index contributed by atoms with van der Waals surface area (Å²) in [5.41, 5.74) is 0.401. The van der Waals surface area contributed by atoms with Crippen LogP contribution in [0.3, 0.4) is 0 Å². The molecule has 0 saturated carbocycles. The molecule has 5 nitrogen and oxygen atoms in total. The molecule has 138 valence electrons. The lowest BCUT2D eigenvalue weighted by atomic mass is 10.0. The minimum atomic E-state index is -0.969. The number of benzene rings is 2. The Morgan fingerprint density at radius 1 is 1.19 bits per heavy atom. The van der Waals surface area contributed by atoms with Crippen molar-refractivity contribution in [1.82, 2.24) is 5.01 Å². The minimum absolute atomic E-state index is 0.266. The lowest BCUT2D eigenvalue weighted by Crippen LogP contribution is -2.41. The van der Waals surface area contributed by atoms with E-state index in [0.29, 0.717) is 37.1 Å². The van der Waals surface area contributed by atoms with Gasteiger partial charge in [-0.3, -0.25) is 4.79 Å². The van der Waals surface area contributed by atoms with E-state index in [-0.39, 0.29) is 5.78 Å². The summed E-state index contributed by atoms with van der Waals surface area (Å²) in [5, 5.41) is 8.00. The van der Waals surface area contributed by atoms with Gasteiger partial charge in [0.25, 0.3) is 0 Å². The molecule has 0 saturated heterocycles. The molecule has 0 aromatic heterocycles. The van der Waals surface area contributed by atoms with Crippen LogP contribution in [-0.4, -0.2) is 33.6 Å². The molecule has 2 unspecified atom stereocenters. The highest BCUT2D eigenvalue weighted by atomic mass is 35.5. The Labute approximate surface area is 174 Å². The number of carbonyl (C=O) groups is 1. The third-order valence-electron chi connectivity index (χ3n) is 4.14. The number of halogens is 3. The fourth-order valence-electron chi connectivity index (χ4n) is 2.84. The fourth-order valence-corrected chi connectivity index (χ4v) is 4.69. The second kappa shape index (κ2) is 7.36. The summed E-state index contributed by atoms with van der Waals surface area (Å²) < 4.78 is 5.37. The normalized spacial score (nSPS) is 21.6. The molecule has 0 amide bonds. The number of alkyl halides is 1. The third kappa shape index (κ3) is 3.31. The number of para-hydroxylation sites is 1. The summed E-state index contributed by atoms with van der Waals surface area (Å²) in [6.45, 7) is 0. The largest absolute Gasteiger partial charge is 0.496 e. The van der Waals surface area contributed by atoms with Gasteiger partial charge in [0.15, 0.2) is 10.7 Å². The molecule has 9 heteroatoms. The Bertz CT molecular complexity index is 996. The van der Waals surface area contributed by atoms with E-state index in [1.807, 2.05) is 18.2 Å². The van der Waals surface area contributed by atoms with Gasteiger partial charge in [-0.2, -0.15) is 5.10 Å². The van der Waals surface area contributed by atoms with E-state index in [2.05, 4.69) is 10.1 Å². The first-order chi connectivity index (χ1) is 13.0. The van der Waals surface area contributed by atoms with Crippen molar-refractivity contribution in [2.45, 2.75) is 11.5 Å². The van der Waals surface area contributed by atoms with Crippen molar-refractivity contribution in [3.8, 4) is 5.75 Å². The van der Waals surface area contributed by atoms with Gasteiger partial charge >= 0.3 is 0 Å². The first kappa shape index (κ1) is 18.6. The van der Waals surface area contributed by atoms with Crippen molar-refractivity contribution in [1.29, 1.82) is 0 Å². The monoisotopic (exact) mass is 439 g/mol. The van der Waals surface area contributed by atoms with Crippen LogP contribution >= 0.6 is 46.6 Å². The zero-order chi connectivity index (χ0) is 19.1. The van der Waals surface area contributed by atoms with Gasteiger partial charge in [-0.1, -0.05) is 53.0 Å². The van der Waals surface area contributed by atoms with Crippen LogP contribution in [0.15, 0.2) is 52.6 Å². The third-order valence-corrected chi connectivity index (χ3v) is 6.05. The van der Waals surface area contributed by atoms with Crippen LogP contribution in [0.2, 0.25) is 10.0 Å². The van der Waals surface area contributed by atoms with E-state index < -0.39 is 11.5 Å². The maximum absolute atomic E-state index is 12.8. The number of methoxy groups -OCH3 is 1. The second-order valence-corrected chi connectivity index (χ2v) is 7.98. The Kier molecular flexibility index (Phi) is 5.07. The van der Waals surface area contributed by atoms with E-state index in [1.165, 1.54) is 16.8 Å². The minimum Gasteiger partial charge on any atom is -0.496 e. The van der Waals surface area contributed by atoms with Crippen LogP contribution in [0.25, 0.3) is 0 Å². The summed E-state index contributed by atoms with van der Waals surface area (Å²) >= 11 is 20.0. The number of ether oxygens (including phenoxy) is 1. The van der Waals surface area contributed by atoms with Crippen molar-refractivity contribution >= 4 is 62.6 Å². The van der Waals surface area contributed by atoms with Crippen LogP contribution < -0.4 is 4.74 Å². The fraction of sp³-hybridized carbons (Fsp3) is 0.167. The number of fused-ring (bicyclic) bond motifs is 1. The summed E-state index contributed by atoms with van der Waals surface area (Å²) in [7, 11) is 1.55. The SMILES string of the molecule is COc1ccccc1C1N=C2SC(c3ccc(Cl)cc3Cl)=NN2C(Cl)C1=O. The zero-order valence-electron chi connectivity index (χ0n) is 13.9. The molecule has 2 aromatic rings. The van der Waals surface area contributed by atoms with Crippen LogP contribution in [0.1, 0.15) is 17.2 Å². The lowest BCUT2D eigenvalue weighted by molar-refractivity contribution is -0.122. The highest BCUT2D eigenvalue weighted by Gasteiger charge is 2.42. The Morgan fingerprint density at radius 3 is 2.70 bits per heavy atom. The number of amidine groups is 1. The number of carbonyl (C=O) groups excluding carboxylic acids is 1. The molecule has 0 radical (unpaired) electrons. The zero-order valence-corrected chi connectivity index (χ0v) is 17.0. The van der Waals surface area contributed by atoms with Crippen LogP contribution in [0, 0.1) is 0 Å². The molecule has 2 atom stereocenters. The predicted octanol–water partition coefficient (Wildman–Crippen LogP) is 4.96. The average Bonchev–Trinajstić information content (AvgIpc) is 3.08. The molecule has 0 fully saturated rings. The van der Waals surface area contributed by atoms with Crippen LogP contribution in [0.5, 0.6) is 5.75 Å². The van der Waals surface area contributed by atoms with E-state index in [9.17, 15) is 4.79 Å². The first-order valence-electron chi connectivity index (χ1n) is 7.89. The molecular formula is C18H12Cl3N3O2S. The molecule has 0 spiro atoms. The summed E-state index contributed by atoms with van der Waals surface area (Å²) in [5.74, 6) is 0.320. The summed E-state index contributed by atoms with van der Waals surface area (Å²) in [4.78, 5) is 17.4. The second-order valence-electron chi connectivity index (χ2n) is 5.77. The number of hydrazone groups is 1. The predicted molar refractivity (Wildman–Crippen MR) is 110 cm³/mol. The standard InChI is InChI=1S/C18H12Cl3N3O2S/c1-26-13-5-3-2-4-11(13)14-15(25)16(21)24-18(22-14)27-17(23-24)10-7-6-9(19)8-12(10)20/h2-8,14,16H,1H3. The van der Waals surface area contributed by atoms with Crippen LogP contribution in [0.4, 0.5) is 0 Å². The van der Waals surface area contributed by atoms with Gasteiger partial charge in [-0.05, 0) is 36.0 Å². The molecule has 2 aliphatic heterocycles. The number of nitrogens with zero attached hydrogens (tertiary/aromatic N) is 3. The molecule has 0 bridgehead atoms. The van der Waals surface area contributed by atoms with Gasteiger partial charge in [-0.15, -0.1) is 0 Å². The van der Waals surface area contributed by atoms with Gasteiger partial charge in [0.2, 0.25) is 5.78 Å². The average molecular weight is 441 g/mol. The highest BCUT2D eigenvalue weighted by Crippen LogP contribution is 2.40. The smallest absolute Gasteiger partial charge is 0.201 e. The Hall–Kier alpha value is -1.73. The molecule has 2 aliphatic rings. The van der Waals surface area contributed by atoms with E-state index in [1.54, 1.807) is 31.4 Å². The lowest BCUT2D eigenvalue weighted by Gasteiger charge is -2.28. The molecule has 4 rings (SSSR count). The number of hydrogen-bond donors (Lipinski definition) is 0. The van der Waals surface area contributed by atoms with E-state index >= 15 is 0 Å². The van der Waals surface area contributed by atoms with Crippen molar-refractivity contribution in [2.75, 3.05) is 7.11 Å². The van der Waals surface area contributed by atoms with Gasteiger partial charge < -0.3 is 4.74 Å². The van der Waals surface area contributed by atoms with E-state index in [0.717, 1.165) is 0 Å². The topological polar surface area (TPSA) is 54.3 Å². The number of Topliss-reactive ketones (excluding diaryl/α,β-unsaturated/α-hetero) is 1. The molecular weight excluding hydrogens is 429 g/mol. The van der Waals surface area contributed by atoms with Gasteiger partial charge in [0.05, 0.1) is 12.1 Å². The molecule has 27 heavy (non-hydrogen) atoms. The van der Waals surface area contributed by atoms with Crippen molar-refractivity contribution in [3.63, 3.8) is 0 Å². The van der Waals surface area contributed by atoms with Crippen molar-refractivity contribution in [3.05, 3.63) is 63.6 Å². The number of aliphatic imine (C=N–C) groups is 1. The van der Waals surface area contributed by atoms with Crippen molar-refractivity contribution in [2.24, 2.45) is 10.1 Å². The number of thioether (sulfide) groups is 1. The number of rotatable bonds is 3. The molecule has 0 aliphatic carbocycles. The Morgan fingerprint density at radius 2 is 1.96 bits per heavy atom. The first-order valence-corrected chi connectivity index (χ1v) is 9.90. The molecule has 2 aromatic carbocycles. The highest BCUT2D eigenvalue weighted by molar-refractivity contribution is 8.27. The van der Waals surface area contributed by atoms with Gasteiger partial charge in [0, 0.05) is 16.1 Å². The molecule has 2 heterocycles. The van der Waals surface area contributed by atoms with Gasteiger partial charge in [0.1, 0.15) is 16.8 Å². The maximum atomic E-state index is 12.8. The maximum Gasteiger partial charge on any atom is 0.201 e. The van der Waals surface area contributed by atoms with Gasteiger partial charge in [-0.25, -0.2) is 10.0 Å².